The summed E-state index contributed by atoms with van der Waals surface area (Å²) in [5, 5.41) is 0. The minimum atomic E-state index is -0.0755. The van der Waals surface area contributed by atoms with E-state index in [0.29, 0.717) is 17.4 Å². The van der Waals surface area contributed by atoms with Crippen molar-refractivity contribution in [3.05, 3.63) is 53.6 Å². The van der Waals surface area contributed by atoms with Gasteiger partial charge in [-0.2, -0.15) is 0 Å². The van der Waals surface area contributed by atoms with Crippen LogP contribution in [-0.4, -0.2) is 87.2 Å². The summed E-state index contributed by atoms with van der Waals surface area (Å²) in [6.07, 6.45) is 3.30. The van der Waals surface area contributed by atoms with Crippen LogP contribution in [-0.2, 0) is 17.8 Å². The Bertz CT molecular complexity index is 984. The summed E-state index contributed by atoms with van der Waals surface area (Å²) in [4.78, 5) is 20.1. The number of benzene rings is 2. The number of carbonyl (C=O) groups excluding carboxylic acids is 1. The predicted molar refractivity (Wildman–Crippen MR) is 142 cm³/mol. The molecule has 0 radical (unpaired) electrons. The van der Waals surface area contributed by atoms with Crippen LogP contribution in [0.2, 0.25) is 0 Å². The van der Waals surface area contributed by atoms with Crippen molar-refractivity contribution in [2.24, 2.45) is 5.92 Å². The highest BCUT2D eigenvalue weighted by atomic mass is 16.5. The van der Waals surface area contributed by atoms with Gasteiger partial charge >= 0.3 is 0 Å². The third kappa shape index (κ3) is 6.13. The van der Waals surface area contributed by atoms with E-state index in [1.165, 1.54) is 5.56 Å². The first-order valence-electron chi connectivity index (χ1n) is 13.1. The van der Waals surface area contributed by atoms with Gasteiger partial charge in [0.15, 0.2) is 11.5 Å². The molecule has 1 amide bonds. The minimum Gasteiger partial charge on any atom is -0.493 e. The molecule has 2 fully saturated rings. The summed E-state index contributed by atoms with van der Waals surface area (Å²) < 4.78 is 16.6. The smallest absolute Gasteiger partial charge is 0.239 e. The third-order valence-electron chi connectivity index (χ3n) is 7.79. The molecule has 36 heavy (non-hydrogen) atoms. The van der Waals surface area contributed by atoms with Crippen LogP contribution in [0.3, 0.4) is 0 Å². The van der Waals surface area contributed by atoms with E-state index in [1.54, 1.807) is 21.3 Å². The van der Waals surface area contributed by atoms with Crippen molar-refractivity contribution in [2.75, 3.05) is 60.6 Å². The lowest BCUT2D eigenvalue weighted by molar-refractivity contribution is -0.138. The average molecular weight is 496 g/mol. The molecule has 2 saturated heterocycles. The molecule has 2 aliphatic rings. The van der Waals surface area contributed by atoms with Gasteiger partial charge in [-0.25, -0.2) is 0 Å². The molecule has 196 valence electrons. The van der Waals surface area contributed by atoms with Crippen LogP contribution in [0.5, 0.6) is 17.2 Å². The van der Waals surface area contributed by atoms with Crippen molar-refractivity contribution in [3.63, 3.8) is 0 Å². The highest BCUT2D eigenvalue weighted by Gasteiger charge is 2.31. The first-order valence-corrected chi connectivity index (χ1v) is 13.1. The second kappa shape index (κ2) is 12.5. The van der Waals surface area contributed by atoms with E-state index in [2.05, 4.69) is 52.0 Å². The molecule has 1 atom stereocenters. The molecule has 4 rings (SSSR count). The molecule has 0 N–H and O–H groups in total. The van der Waals surface area contributed by atoms with E-state index in [0.717, 1.165) is 76.4 Å². The van der Waals surface area contributed by atoms with Crippen LogP contribution in [0.1, 0.15) is 30.9 Å². The van der Waals surface area contributed by atoms with Gasteiger partial charge in [0.05, 0.1) is 27.4 Å². The Hall–Kier alpha value is -2.77. The molecule has 2 aromatic rings. The fourth-order valence-corrected chi connectivity index (χ4v) is 5.56. The number of piperazine rings is 1. The van der Waals surface area contributed by atoms with Crippen LogP contribution in [0.15, 0.2) is 42.5 Å². The SMILES string of the molecule is COc1ccc(CN2CCN([C@@H](C)C(=O)N3CCC(Cc4ccccc4)CC3)CC2)c(OC)c1OC. The molecule has 0 unspecified atom stereocenters. The summed E-state index contributed by atoms with van der Waals surface area (Å²) in [5.41, 5.74) is 2.48. The van der Waals surface area contributed by atoms with E-state index >= 15 is 0 Å². The summed E-state index contributed by atoms with van der Waals surface area (Å²) in [6, 6.07) is 14.6. The molecule has 2 aliphatic heterocycles. The topological polar surface area (TPSA) is 54.5 Å². The summed E-state index contributed by atoms with van der Waals surface area (Å²) in [6.45, 7) is 8.18. The van der Waals surface area contributed by atoms with Crippen LogP contribution in [0, 0.1) is 5.92 Å². The molecule has 7 nitrogen and oxygen atoms in total. The summed E-state index contributed by atoms with van der Waals surface area (Å²) >= 11 is 0. The molecule has 0 spiro atoms. The van der Waals surface area contributed by atoms with Gasteiger partial charge in [0.2, 0.25) is 11.7 Å². The average Bonchev–Trinajstić information content (AvgIpc) is 2.93. The first kappa shape index (κ1) is 26.3. The highest BCUT2D eigenvalue weighted by Crippen LogP contribution is 2.40. The standard InChI is InChI=1S/C29H41N3O4/c1-22(29(33)32-14-12-24(13-15-32)20-23-8-6-5-7-9-23)31-18-16-30(17-19-31)21-25-10-11-26(34-2)28(36-4)27(25)35-3/h5-11,22,24H,12-21H2,1-4H3/t22-/m0/s1. The van der Waals surface area contributed by atoms with Crippen molar-refractivity contribution in [2.45, 2.75) is 38.8 Å². The zero-order valence-electron chi connectivity index (χ0n) is 22.2. The van der Waals surface area contributed by atoms with Gasteiger partial charge in [0.1, 0.15) is 0 Å². The molecule has 2 aromatic carbocycles. The second-order valence-corrected chi connectivity index (χ2v) is 9.94. The van der Waals surface area contributed by atoms with E-state index in [4.69, 9.17) is 14.2 Å². The Labute approximate surface area is 215 Å². The number of amides is 1. The Morgan fingerprint density at radius 1 is 0.861 bits per heavy atom. The minimum absolute atomic E-state index is 0.0755. The Balaban J connectivity index is 1.26. The van der Waals surface area contributed by atoms with Crippen LogP contribution in [0.4, 0.5) is 0 Å². The summed E-state index contributed by atoms with van der Waals surface area (Å²) in [7, 11) is 4.93. The zero-order chi connectivity index (χ0) is 25.5. The van der Waals surface area contributed by atoms with Gasteiger partial charge in [-0.15, -0.1) is 0 Å². The fraction of sp³-hybridized carbons (Fsp3) is 0.552. The maximum Gasteiger partial charge on any atom is 0.239 e. The Kier molecular flexibility index (Phi) is 9.10. The van der Waals surface area contributed by atoms with Crippen LogP contribution >= 0.6 is 0 Å². The monoisotopic (exact) mass is 495 g/mol. The number of methoxy groups -OCH3 is 3. The molecule has 7 heteroatoms. The van der Waals surface area contributed by atoms with Gasteiger partial charge in [-0.3, -0.25) is 14.6 Å². The lowest BCUT2D eigenvalue weighted by atomic mass is 9.90. The Morgan fingerprint density at radius 2 is 1.53 bits per heavy atom. The number of nitrogens with zero attached hydrogens (tertiary/aromatic N) is 3. The van der Waals surface area contributed by atoms with E-state index in [1.807, 2.05) is 12.1 Å². The number of carbonyl (C=O) groups is 1. The number of likely N-dealkylation sites (tertiary alicyclic amines) is 1. The van der Waals surface area contributed by atoms with Crippen molar-refractivity contribution in [3.8, 4) is 17.2 Å². The van der Waals surface area contributed by atoms with Gasteiger partial charge in [-0.1, -0.05) is 36.4 Å². The molecular weight excluding hydrogens is 454 g/mol. The molecule has 0 bridgehead atoms. The second-order valence-electron chi connectivity index (χ2n) is 9.94. The molecule has 2 heterocycles. The van der Waals surface area contributed by atoms with Gasteiger partial charge in [0, 0.05) is 51.4 Å². The molecule has 0 aliphatic carbocycles. The Morgan fingerprint density at radius 3 is 2.14 bits per heavy atom. The van der Waals surface area contributed by atoms with Gasteiger partial charge < -0.3 is 19.1 Å². The van der Waals surface area contributed by atoms with Gasteiger partial charge in [-0.05, 0) is 43.7 Å². The number of rotatable bonds is 9. The van der Waals surface area contributed by atoms with Crippen molar-refractivity contribution >= 4 is 5.91 Å². The van der Waals surface area contributed by atoms with E-state index < -0.39 is 0 Å². The van der Waals surface area contributed by atoms with E-state index in [9.17, 15) is 4.79 Å². The van der Waals surface area contributed by atoms with E-state index in [-0.39, 0.29) is 11.9 Å². The first-order chi connectivity index (χ1) is 17.5. The number of hydrogen-bond acceptors (Lipinski definition) is 6. The highest BCUT2D eigenvalue weighted by molar-refractivity contribution is 5.81. The lowest BCUT2D eigenvalue weighted by Crippen LogP contribution is -2.55. The van der Waals surface area contributed by atoms with Gasteiger partial charge in [0.25, 0.3) is 0 Å². The summed E-state index contributed by atoms with van der Waals surface area (Å²) in [5.74, 6) is 2.97. The largest absolute Gasteiger partial charge is 0.493 e. The maximum atomic E-state index is 13.3. The normalized spacial score (nSPS) is 18.6. The van der Waals surface area contributed by atoms with Crippen LogP contribution < -0.4 is 14.2 Å². The zero-order valence-corrected chi connectivity index (χ0v) is 22.2. The molecule has 0 saturated carbocycles. The number of piperidine rings is 1. The van der Waals surface area contributed by atoms with Crippen LogP contribution in [0.25, 0.3) is 0 Å². The molecular formula is C29H41N3O4. The number of ether oxygens (including phenoxy) is 3. The molecule has 0 aromatic heterocycles. The maximum absolute atomic E-state index is 13.3. The van der Waals surface area contributed by atoms with Crippen molar-refractivity contribution in [1.82, 2.24) is 14.7 Å². The van der Waals surface area contributed by atoms with Crippen molar-refractivity contribution < 1.29 is 19.0 Å². The quantitative estimate of drug-likeness (QED) is 0.529. The lowest BCUT2D eigenvalue weighted by Gasteiger charge is -2.40. The number of hydrogen-bond donors (Lipinski definition) is 0. The predicted octanol–water partition coefficient (Wildman–Crippen LogP) is 3.70. The third-order valence-corrected chi connectivity index (χ3v) is 7.79. The van der Waals surface area contributed by atoms with Crippen molar-refractivity contribution in [1.29, 1.82) is 0 Å². The fourth-order valence-electron chi connectivity index (χ4n) is 5.56.